The lowest BCUT2D eigenvalue weighted by Crippen LogP contribution is -2.53. The van der Waals surface area contributed by atoms with Crippen molar-refractivity contribution in [3.8, 4) is 0 Å². The lowest BCUT2D eigenvalue weighted by molar-refractivity contribution is -0.134. The Morgan fingerprint density at radius 1 is 1.21 bits per heavy atom. The summed E-state index contributed by atoms with van der Waals surface area (Å²) in [5.41, 5.74) is 5.80. The van der Waals surface area contributed by atoms with Crippen LogP contribution in [0.2, 0.25) is 0 Å². The molecule has 3 amide bonds. The van der Waals surface area contributed by atoms with E-state index in [1.165, 1.54) is 4.90 Å². The van der Waals surface area contributed by atoms with E-state index in [9.17, 15) is 9.59 Å². The summed E-state index contributed by atoms with van der Waals surface area (Å²) in [5.74, 6) is 0.440. The summed E-state index contributed by atoms with van der Waals surface area (Å²) in [6.07, 6.45) is 3.58. The van der Waals surface area contributed by atoms with Crippen LogP contribution in [0.3, 0.4) is 0 Å². The van der Waals surface area contributed by atoms with Crippen LogP contribution in [0.15, 0.2) is 30.3 Å². The molecule has 28 heavy (non-hydrogen) atoms. The number of hydrogen-bond acceptors (Lipinski definition) is 7. The van der Waals surface area contributed by atoms with Crippen LogP contribution in [0.4, 0.5) is 22.4 Å². The van der Waals surface area contributed by atoms with Gasteiger partial charge in [0.15, 0.2) is 5.82 Å². The van der Waals surface area contributed by atoms with Crippen LogP contribution in [0.25, 0.3) is 0 Å². The maximum Gasteiger partial charge on any atom is 0.325 e. The Labute approximate surface area is 162 Å². The van der Waals surface area contributed by atoms with E-state index in [-0.39, 0.29) is 36.1 Å². The van der Waals surface area contributed by atoms with Gasteiger partial charge in [0.2, 0.25) is 11.9 Å². The number of nitrogens with two attached hydrogens (primary N) is 1. The summed E-state index contributed by atoms with van der Waals surface area (Å²) < 4.78 is 0. The second-order valence-electron chi connectivity index (χ2n) is 7.36. The molecule has 1 saturated carbocycles. The van der Waals surface area contributed by atoms with Gasteiger partial charge in [-0.1, -0.05) is 38.0 Å². The van der Waals surface area contributed by atoms with E-state index in [2.05, 4.69) is 25.6 Å². The quantitative estimate of drug-likeness (QED) is 0.693. The third-order valence-corrected chi connectivity index (χ3v) is 5.53. The molecule has 1 spiro atoms. The van der Waals surface area contributed by atoms with Crippen LogP contribution in [0, 0.1) is 5.92 Å². The fourth-order valence-corrected chi connectivity index (χ4v) is 4.00. The van der Waals surface area contributed by atoms with Crippen LogP contribution in [0.5, 0.6) is 0 Å². The second kappa shape index (κ2) is 7.06. The first kappa shape index (κ1) is 18.1. The van der Waals surface area contributed by atoms with Gasteiger partial charge in [-0.05, 0) is 30.9 Å². The Kier molecular flexibility index (Phi) is 4.58. The van der Waals surface area contributed by atoms with Crippen LogP contribution in [-0.4, -0.2) is 37.3 Å². The van der Waals surface area contributed by atoms with E-state index < -0.39 is 11.6 Å². The number of nitrogens with one attached hydrogen (secondary N) is 2. The van der Waals surface area contributed by atoms with Gasteiger partial charge in [-0.2, -0.15) is 15.0 Å². The molecule has 1 saturated heterocycles. The SMILES string of the molecule is C[C@H]1CCCC[C@]12NC(=O)N(Cc1nc(N)nc(Nc3ccccc3)n1)C2=O. The predicted octanol–water partition coefficient (Wildman–Crippen LogP) is 2.20. The molecule has 0 radical (unpaired) electrons. The number of carbonyl (C=O) groups excluding carboxylic acids is 2. The van der Waals surface area contributed by atoms with Crippen molar-refractivity contribution in [1.29, 1.82) is 0 Å². The lowest BCUT2D eigenvalue weighted by Gasteiger charge is -2.36. The number of aromatic nitrogens is 3. The number of amides is 3. The Morgan fingerprint density at radius 3 is 2.75 bits per heavy atom. The zero-order valence-corrected chi connectivity index (χ0v) is 15.7. The maximum absolute atomic E-state index is 13.1. The predicted molar refractivity (Wildman–Crippen MR) is 103 cm³/mol. The number of hydrogen-bond donors (Lipinski definition) is 3. The van der Waals surface area contributed by atoms with Crippen molar-refractivity contribution in [2.24, 2.45) is 5.92 Å². The summed E-state index contributed by atoms with van der Waals surface area (Å²) in [4.78, 5) is 39.3. The number of benzene rings is 1. The summed E-state index contributed by atoms with van der Waals surface area (Å²) in [6.45, 7) is 1.97. The zero-order valence-electron chi connectivity index (χ0n) is 15.7. The molecule has 1 aromatic carbocycles. The van der Waals surface area contributed by atoms with Crippen LogP contribution >= 0.6 is 0 Å². The van der Waals surface area contributed by atoms with Crippen molar-refractivity contribution in [3.63, 3.8) is 0 Å². The summed E-state index contributed by atoms with van der Waals surface area (Å²) in [5, 5.41) is 5.98. The normalized spacial score (nSPS) is 24.5. The summed E-state index contributed by atoms with van der Waals surface area (Å²) in [6, 6.07) is 8.99. The molecule has 4 rings (SSSR count). The fraction of sp³-hybridized carbons (Fsp3) is 0.421. The highest BCUT2D eigenvalue weighted by Gasteiger charge is 2.54. The monoisotopic (exact) mass is 381 g/mol. The summed E-state index contributed by atoms with van der Waals surface area (Å²) in [7, 11) is 0. The van der Waals surface area contributed by atoms with Crippen LogP contribution < -0.4 is 16.4 Å². The Hall–Kier alpha value is -3.23. The molecule has 2 aliphatic rings. The molecule has 2 fully saturated rings. The van der Waals surface area contributed by atoms with Crippen molar-refractivity contribution in [2.75, 3.05) is 11.1 Å². The number of nitrogens with zero attached hydrogens (tertiary/aromatic N) is 4. The van der Waals surface area contributed by atoms with Gasteiger partial charge in [0, 0.05) is 5.69 Å². The van der Waals surface area contributed by atoms with Gasteiger partial charge in [-0.15, -0.1) is 0 Å². The molecule has 1 aliphatic heterocycles. The molecule has 0 bridgehead atoms. The highest BCUT2D eigenvalue weighted by atomic mass is 16.2. The van der Waals surface area contributed by atoms with Crippen LogP contribution in [-0.2, 0) is 11.3 Å². The molecule has 146 valence electrons. The minimum Gasteiger partial charge on any atom is -0.368 e. The van der Waals surface area contributed by atoms with E-state index in [0.717, 1.165) is 24.9 Å². The number of rotatable bonds is 4. The second-order valence-corrected chi connectivity index (χ2v) is 7.36. The first-order chi connectivity index (χ1) is 13.5. The molecule has 2 heterocycles. The van der Waals surface area contributed by atoms with Crippen molar-refractivity contribution in [3.05, 3.63) is 36.2 Å². The van der Waals surface area contributed by atoms with Crippen molar-refractivity contribution >= 4 is 29.5 Å². The largest absolute Gasteiger partial charge is 0.368 e. The van der Waals surface area contributed by atoms with Gasteiger partial charge >= 0.3 is 6.03 Å². The molecule has 4 N–H and O–H groups in total. The molecule has 2 atom stereocenters. The van der Waals surface area contributed by atoms with E-state index in [0.29, 0.717) is 6.42 Å². The van der Waals surface area contributed by atoms with Gasteiger partial charge in [-0.25, -0.2) is 4.79 Å². The van der Waals surface area contributed by atoms with E-state index in [1.807, 2.05) is 37.3 Å². The minimum absolute atomic E-state index is 0.0243. The Bertz CT molecular complexity index is 904. The highest BCUT2D eigenvalue weighted by Crippen LogP contribution is 2.38. The lowest BCUT2D eigenvalue weighted by atomic mass is 9.73. The third kappa shape index (κ3) is 3.23. The molecule has 2 aromatic rings. The van der Waals surface area contributed by atoms with Gasteiger partial charge in [-0.3, -0.25) is 9.69 Å². The first-order valence-electron chi connectivity index (χ1n) is 9.44. The standard InChI is InChI=1S/C19H23N7O2/c1-12-7-5-6-10-19(12)15(27)26(18(28)25-19)11-14-22-16(20)24-17(23-14)21-13-8-3-2-4-9-13/h2-4,8-9,12H,5-7,10-11H2,1H3,(H,25,28)(H3,20,21,22,23,24)/t12-,19-/m0/s1. The number of carbonyl (C=O) groups is 2. The minimum atomic E-state index is -0.807. The van der Waals surface area contributed by atoms with Gasteiger partial charge in [0.1, 0.15) is 5.54 Å². The van der Waals surface area contributed by atoms with Gasteiger partial charge < -0.3 is 16.4 Å². The Balaban J connectivity index is 1.55. The molecule has 9 nitrogen and oxygen atoms in total. The summed E-state index contributed by atoms with van der Waals surface area (Å²) >= 11 is 0. The average molecular weight is 381 g/mol. The fourth-order valence-electron chi connectivity index (χ4n) is 4.00. The molecular weight excluding hydrogens is 358 g/mol. The number of nitrogen functional groups attached to an aromatic ring is 1. The third-order valence-electron chi connectivity index (χ3n) is 5.53. The molecule has 0 unspecified atom stereocenters. The molecule has 1 aliphatic carbocycles. The van der Waals surface area contributed by atoms with Gasteiger partial charge in [0.25, 0.3) is 5.91 Å². The molecule has 1 aromatic heterocycles. The van der Waals surface area contributed by atoms with Crippen LogP contribution in [0.1, 0.15) is 38.4 Å². The van der Waals surface area contributed by atoms with E-state index >= 15 is 0 Å². The number of imide groups is 1. The molecule has 9 heteroatoms. The number of urea groups is 1. The van der Waals surface area contributed by atoms with Crippen molar-refractivity contribution in [2.45, 2.75) is 44.7 Å². The first-order valence-corrected chi connectivity index (χ1v) is 9.44. The van der Waals surface area contributed by atoms with Crippen molar-refractivity contribution < 1.29 is 9.59 Å². The average Bonchev–Trinajstić information content (AvgIpc) is 2.90. The van der Waals surface area contributed by atoms with E-state index in [4.69, 9.17) is 5.73 Å². The Morgan fingerprint density at radius 2 is 2.00 bits per heavy atom. The van der Waals surface area contributed by atoms with Crippen molar-refractivity contribution in [1.82, 2.24) is 25.2 Å². The zero-order chi connectivity index (χ0) is 19.7. The topological polar surface area (TPSA) is 126 Å². The highest BCUT2D eigenvalue weighted by molar-refractivity contribution is 6.07. The number of anilines is 3. The smallest absolute Gasteiger partial charge is 0.325 e. The number of para-hydroxylation sites is 1. The molecular formula is C19H23N7O2. The maximum atomic E-state index is 13.1. The van der Waals surface area contributed by atoms with E-state index in [1.54, 1.807) is 0 Å². The van der Waals surface area contributed by atoms with Gasteiger partial charge in [0.05, 0.1) is 6.54 Å².